The summed E-state index contributed by atoms with van der Waals surface area (Å²) in [4.78, 5) is 0.252. The van der Waals surface area contributed by atoms with E-state index >= 15 is 0 Å². The molecule has 3 atom stereocenters. The average Bonchev–Trinajstić information content (AvgIpc) is 2.90. The number of rotatable bonds is 2. The highest BCUT2D eigenvalue weighted by Gasteiger charge is 2.53. The fourth-order valence-electron chi connectivity index (χ4n) is 1.69. The molecule has 1 saturated heterocycles. The number of hydrogen-bond donors (Lipinski definition) is 0. The van der Waals surface area contributed by atoms with Crippen LogP contribution in [0.2, 0.25) is 0 Å². The molecule has 1 aromatic rings. The summed E-state index contributed by atoms with van der Waals surface area (Å²) in [7, 11) is -3.48. The van der Waals surface area contributed by atoms with Crippen LogP contribution in [0.4, 0.5) is 0 Å². The van der Waals surface area contributed by atoms with Gasteiger partial charge in [-0.25, -0.2) is 8.42 Å². The van der Waals surface area contributed by atoms with E-state index in [-0.39, 0.29) is 10.9 Å². The Morgan fingerprint density at radius 2 is 1.88 bits per heavy atom. The molecule has 3 unspecified atom stereocenters. The van der Waals surface area contributed by atoms with Crippen LogP contribution in [0.3, 0.4) is 0 Å². The van der Waals surface area contributed by atoms with Gasteiger partial charge in [-0.3, -0.25) is 0 Å². The Hall–Kier alpha value is -1.38. The molecule has 0 amide bonds. The minimum Gasteiger partial charge on any atom is -0.207 e. The van der Waals surface area contributed by atoms with Crippen LogP contribution in [0.1, 0.15) is 12.5 Å². The van der Waals surface area contributed by atoms with Crippen LogP contribution in [0.5, 0.6) is 0 Å². The molecule has 4 nitrogen and oxygen atoms in total. The van der Waals surface area contributed by atoms with Crippen molar-refractivity contribution < 1.29 is 8.42 Å². The quantitative estimate of drug-likeness (QED) is 0.727. The molecular weight excluding hydrogens is 224 g/mol. The first-order valence-electron chi connectivity index (χ1n) is 4.98. The lowest BCUT2D eigenvalue weighted by Crippen LogP contribution is -2.15. The van der Waals surface area contributed by atoms with Crippen molar-refractivity contribution in [3.8, 4) is 6.07 Å². The summed E-state index contributed by atoms with van der Waals surface area (Å²) in [5.41, 5.74) is 1.01. The Kier molecular flexibility index (Phi) is 2.49. The summed E-state index contributed by atoms with van der Waals surface area (Å²) < 4.78 is 25.4. The molecule has 1 aromatic carbocycles. The van der Waals surface area contributed by atoms with Crippen molar-refractivity contribution in [3.63, 3.8) is 0 Å². The topological polar surface area (TPSA) is 60.9 Å². The summed E-state index contributed by atoms with van der Waals surface area (Å²) in [6, 6.07) is 7.90. The molecule has 0 bridgehead atoms. The van der Waals surface area contributed by atoms with E-state index in [1.54, 1.807) is 31.2 Å². The summed E-state index contributed by atoms with van der Waals surface area (Å²) in [5, 5.41) is 8.75. The summed E-state index contributed by atoms with van der Waals surface area (Å²) in [6.07, 6.45) is 0. The Labute approximate surface area is 95.2 Å². The van der Waals surface area contributed by atoms with Crippen LogP contribution in [0, 0.1) is 18.3 Å². The van der Waals surface area contributed by atoms with Gasteiger partial charge in [-0.15, -0.1) is 0 Å². The van der Waals surface area contributed by atoms with Crippen LogP contribution in [0.15, 0.2) is 29.2 Å². The fourth-order valence-corrected chi connectivity index (χ4v) is 3.43. The molecular formula is C11H12N2O2S. The normalized spacial score (nSPS) is 28.4. The van der Waals surface area contributed by atoms with Gasteiger partial charge in [0.25, 0.3) is 0 Å². The molecule has 1 aliphatic rings. The largest absolute Gasteiger partial charge is 0.244 e. The van der Waals surface area contributed by atoms with Crippen LogP contribution >= 0.6 is 0 Å². The molecule has 0 spiro atoms. The summed E-state index contributed by atoms with van der Waals surface area (Å²) >= 11 is 0. The summed E-state index contributed by atoms with van der Waals surface area (Å²) in [6.45, 7) is 3.63. The highest BCUT2D eigenvalue weighted by atomic mass is 32.2. The Balaban J connectivity index is 2.35. The number of aryl methyl sites for hydroxylation is 1. The van der Waals surface area contributed by atoms with Gasteiger partial charge in [-0.05, 0) is 26.0 Å². The smallest absolute Gasteiger partial charge is 0.207 e. The average molecular weight is 236 g/mol. The Morgan fingerprint density at radius 1 is 1.31 bits per heavy atom. The van der Waals surface area contributed by atoms with Gasteiger partial charge in [0.1, 0.15) is 6.04 Å². The molecule has 1 fully saturated rings. The van der Waals surface area contributed by atoms with Crippen LogP contribution in [-0.4, -0.2) is 24.8 Å². The van der Waals surface area contributed by atoms with Crippen LogP contribution in [0.25, 0.3) is 0 Å². The van der Waals surface area contributed by atoms with E-state index in [1.165, 1.54) is 4.31 Å². The zero-order valence-electron chi connectivity index (χ0n) is 9.08. The lowest BCUT2D eigenvalue weighted by atomic mass is 10.2. The maximum absolute atomic E-state index is 12.1. The third-order valence-electron chi connectivity index (χ3n) is 2.77. The van der Waals surface area contributed by atoms with E-state index < -0.39 is 16.1 Å². The lowest BCUT2D eigenvalue weighted by Gasteiger charge is -2.05. The van der Waals surface area contributed by atoms with Crippen molar-refractivity contribution in [2.45, 2.75) is 30.8 Å². The van der Waals surface area contributed by atoms with E-state index in [2.05, 4.69) is 0 Å². The molecule has 84 valence electrons. The van der Waals surface area contributed by atoms with Crippen molar-refractivity contribution in [2.24, 2.45) is 0 Å². The molecule has 0 aromatic heterocycles. The highest BCUT2D eigenvalue weighted by Crippen LogP contribution is 2.34. The maximum Gasteiger partial charge on any atom is 0.244 e. The summed E-state index contributed by atoms with van der Waals surface area (Å²) in [5.74, 6) is 0. The van der Waals surface area contributed by atoms with E-state index in [9.17, 15) is 8.42 Å². The van der Waals surface area contributed by atoms with E-state index in [0.29, 0.717) is 0 Å². The number of nitrogens with zero attached hydrogens (tertiary/aromatic N) is 2. The van der Waals surface area contributed by atoms with Gasteiger partial charge >= 0.3 is 0 Å². The number of hydrogen-bond acceptors (Lipinski definition) is 3. The van der Waals surface area contributed by atoms with Gasteiger partial charge in [-0.1, -0.05) is 17.7 Å². The molecule has 0 saturated carbocycles. The maximum atomic E-state index is 12.1. The zero-order chi connectivity index (χ0) is 11.9. The third-order valence-corrected chi connectivity index (χ3v) is 4.75. The van der Waals surface area contributed by atoms with E-state index in [0.717, 1.165) is 5.56 Å². The lowest BCUT2D eigenvalue weighted by molar-refractivity contribution is 0.552. The minimum atomic E-state index is -3.48. The van der Waals surface area contributed by atoms with Gasteiger partial charge in [0.05, 0.1) is 17.0 Å². The molecule has 2 rings (SSSR count). The van der Waals surface area contributed by atoms with Crippen molar-refractivity contribution in [1.82, 2.24) is 4.31 Å². The van der Waals surface area contributed by atoms with Gasteiger partial charge in [0.2, 0.25) is 10.0 Å². The first-order chi connectivity index (χ1) is 7.48. The Bertz CT molecular complexity index is 542. The van der Waals surface area contributed by atoms with E-state index in [4.69, 9.17) is 5.26 Å². The second-order valence-electron chi connectivity index (χ2n) is 3.96. The van der Waals surface area contributed by atoms with Crippen molar-refractivity contribution >= 4 is 10.0 Å². The van der Waals surface area contributed by atoms with Crippen molar-refractivity contribution in [2.75, 3.05) is 0 Å². The number of benzene rings is 1. The molecule has 5 heteroatoms. The zero-order valence-corrected chi connectivity index (χ0v) is 9.90. The molecule has 0 aliphatic carbocycles. The molecule has 16 heavy (non-hydrogen) atoms. The number of nitriles is 1. The predicted molar refractivity (Wildman–Crippen MR) is 59.1 cm³/mol. The second-order valence-corrected chi connectivity index (χ2v) is 5.81. The Morgan fingerprint density at radius 3 is 2.31 bits per heavy atom. The SMILES string of the molecule is Cc1ccc(S(=O)(=O)N2C(C)C2C#N)cc1. The van der Waals surface area contributed by atoms with E-state index in [1.807, 2.05) is 13.0 Å². The van der Waals surface area contributed by atoms with Crippen molar-refractivity contribution in [3.05, 3.63) is 29.8 Å². The van der Waals surface area contributed by atoms with Crippen LogP contribution < -0.4 is 0 Å². The monoisotopic (exact) mass is 236 g/mol. The highest BCUT2D eigenvalue weighted by molar-refractivity contribution is 7.89. The first-order valence-corrected chi connectivity index (χ1v) is 6.42. The van der Waals surface area contributed by atoms with Gasteiger partial charge in [-0.2, -0.15) is 9.57 Å². The fraction of sp³-hybridized carbons (Fsp3) is 0.364. The second kappa shape index (κ2) is 3.58. The van der Waals surface area contributed by atoms with Crippen LogP contribution in [-0.2, 0) is 10.0 Å². The molecule has 1 heterocycles. The minimum absolute atomic E-state index is 0.212. The molecule has 0 N–H and O–H groups in total. The molecule has 1 aliphatic heterocycles. The van der Waals surface area contributed by atoms with Gasteiger partial charge in [0.15, 0.2) is 0 Å². The molecule has 0 radical (unpaired) electrons. The van der Waals surface area contributed by atoms with Crippen molar-refractivity contribution in [1.29, 1.82) is 5.26 Å². The van der Waals surface area contributed by atoms with Gasteiger partial charge in [0, 0.05) is 0 Å². The standard InChI is InChI=1S/C11H12N2O2S/c1-8-3-5-10(6-4-8)16(14,15)13-9(2)11(13)7-12/h3-6,9,11H,1-2H3. The first kappa shape index (κ1) is 11.1. The van der Waals surface area contributed by atoms with Gasteiger partial charge < -0.3 is 0 Å². The predicted octanol–water partition coefficient (Wildman–Crippen LogP) is 1.28. The number of sulfonamides is 1. The third kappa shape index (κ3) is 1.60.